The fourth-order valence-electron chi connectivity index (χ4n) is 8.45. The predicted molar refractivity (Wildman–Crippen MR) is 183 cm³/mol. The van der Waals surface area contributed by atoms with Gasteiger partial charge in [0.1, 0.15) is 17.4 Å². The van der Waals surface area contributed by atoms with Crippen molar-refractivity contribution in [1.29, 1.82) is 0 Å². The van der Waals surface area contributed by atoms with Gasteiger partial charge in [0.2, 0.25) is 17.7 Å². The van der Waals surface area contributed by atoms with E-state index in [9.17, 15) is 14.7 Å². The number of anilines is 1. The van der Waals surface area contributed by atoms with E-state index in [2.05, 4.69) is 4.90 Å². The summed E-state index contributed by atoms with van der Waals surface area (Å²) in [6.45, 7) is 8.65. The minimum atomic E-state index is -1.41. The van der Waals surface area contributed by atoms with E-state index in [4.69, 9.17) is 14.2 Å². The van der Waals surface area contributed by atoms with Crippen molar-refractivity contribution in [2.75, 3.05) is 70.6 Å². The van der Waals surface area contributed by atoms with E-state index in [-0.39, 0.29) is 24.3 Å². The largest absolute Gasteiger partial charge is 0.494 e. The van der Waals surface area contributed by atoms with Crippen LogP contribution in [0.1, 0.15) is 19.4 Å². The number of rotatable bonds is 10. The first-order chi connectivity index (χ1) is 23.8. The average Bonchev–Trinajstić information content (AvgIpc) is 3.39. The highest BCUT2D eigenvalue weighted by atomic mass is 16.5. The summed E-state index contributed by atoms with van der Waals surface area (Å²) in [4.78, 5) is 51.9. The summed E-state index contributed by atoms with van der Waals surface area (Å²) in [6.07, 6.45) is 7.93. The third-order valence-electron chi connectivity index (χ3n) is 10.7. The second-order valence-corrected chi connectivity index (χ2v) is 13.7. The van der Waals surface area contributed by atoms with Gasteiger partial charge in [0, 0.05) is 45.0 Å². The maximum atomic E-state index is 15.0. The maximum Gasteiger partial charge on any atom is 0.249 e. The van der Waals surface area contributed by atoms with Crippen LogP contribution < -0.4 is 9.64 Å². The van der Waals surface area contributed by atoms with Crippen molar-refractivity contribution in [3.05, 3.63) is 84.5 Å². The fourth-order valence-corrected chi connectivity index (χ4v) is 8.45. The first kappa shape index (κ1) is 33.5. The summed E-state index contributed by atoms with van der Waals surface area (Å²) in [5.41, 5.74) is -0.945. The standard InChI is InChI=1S/C38H46N4O7/c1-3-48-30-13-11-28(12-14-30)41-18-7-15-37(2)31(34(41)44)32-35(45)42(29(26-43)25-27-9-5-4-6-10-27)33-36(46)40(17-8-16-38(32,33)49-37)20-19-39-21-23-47-24-22-39/h4-16,29,31-33,43H,3,17-26H2,1-2H3/t29-,31+,32+,33?,37-,38+/m1/s1. The highest BCUT2D eigenvalue weighted by Gasteiger charge is 2.75. The zero-order chi connectivity index (χ0) is 34.2. The number of aliphatic hydroxyl groups is 1. The van der Waals surface area contributed by atoms with Crippen molar-refractivity contribution in [2.24, 2.45) is 11.8 Å². The molecule has 0 saturated carbocycles. The number of likely N-dealkylation sites (tertiary alicyclic amines) is 1. The predicted octanol–water partition coefficient (Wildman–Crippen LogP) is 2.29. The lowest BCUT2D eigenvalue weighted by molar-refractivity contribution is -0.154. The second-order valence-electron chi connectivity index (χ2n) is 13.7. The van der Waals surface area contributed by atoms with Crippen LogP contribution in [0.4, 0.5) is 5.69 Å². The van der Waals surface area contributed by atoms with Crippen molar-refractivity contribution >= 4 is 23.4 Å². The SMILES string of the molecule is CCOc1ccc(N2CC=C[C@@]3(C)O[C@]45C=CCN(CCN6CCOCC6)C(=O)C4N([C@@H](CO)Cc4ccccc4)C(=O)[C@@H]5[C@H]3C2=O)cc1. The van der Waals surface area contributed by atoms with Crippen molar-refractivity contribution in [1.82, 2.24) is 14.7 Å². The number of ether oxygens (including phenoxy) is 3. The van der Waals surface area contributed by atoms with Crippen molar-refractivity contribution in [3.8, 4) is 5.75 Å². The molecule has 260 valence electrons. The molecule has 3 amide bonds. The molecule has 11 heteroatoms. The van der Waals surface area contributed by atoms with Crippen molar-refractivity contribution < 1.29 is 33.7 Å². The Hall–Kier alpha value is -4.03. The van der Waals surface area contributed by atoms with E-state index >= 15 is 4.79 Å². The number of carbonyl (C=O) groups is 3. The Morgan fingerprint density at radius 1 is 0.898 bits per heavy atom. The molecule has 3 saturated heterocycles. The summed E-state index contributed by atoms with van der Waals surface area (Å²) in [6, 6.07) is 15.2. The van der Waals surface area contributed by atoms with Crippen LogP contribution in [0.25, 0.3) is 0 Å². The quantitative estimate of drug-likeness (QED) is 0.384. The van der Waals surface area contributed by atoms with Crippen LogP contribution in [0.5, 0.6) is 5.75 Å². The van der Waals surface area contributed by atoms with Gasteiger partial charge >= 0.3 is 0 Å². The molecule has 0 radical (unpaired) electrons. The van der Waals surface area contributed by atoms with Crippen LogP contribution in [-0.4, -0.2) is 127 Å². The number of nitrogens with zero attached hydrogens (tertiary/aromatic N) is 4. The molecule has 49 heavy (non-hydrogen) atoms. The van der Waals surface area contributed by atoms with Crippen LogP contribution in [0.3, 0.4) is 0 Å². The molecule has 1 unspecified atom stereocenters. The number of hydrogen-bond donors (Lipinski definition) is 1. The van der Waals surface area contributed by atoms with E-state index in [1.54, 1.807) is 14.7 Å². The smallest absolute Gasteiger partial charge is 0.249 e. The highest BCUT2D eigenvalue weighted by molar-refractivity contribution is 6.04. The third kappa shape index (κ3) is 5.96. The zero-order valence-corrected chi connectivity index (χ0v) is 28.3. The summed E-state index contributed by atoms with van der Waals surface area (Å²) in [5.74, 6) is -2.02. The molecule has 0 aliphatic carbocycles. The number of aliphatic hydroxyl groups excluding tert-OH is 1. The molecule has 7 rings (SSSR count). The first-order valence-corrected chi connectivity index (χ1v) is 17.5. The van der Waals surface area contributed by atoms with Gasteiger partial charge in [-0.2, -0.15) is 0 Å². The van der Waals surface area contributed by atoms with Crippen LogP contribution in [0, 0.1) is 11.8 Å². The molecular weight excluding hydrogens is 624 g/mol. The van der Waals surface area contributed by atoms with E-state index < -0.39 is 35.1 Å². The lowest BCUT2D eigenvalue weighted by Crippen LogP contribution is -2.59. The Balaban J connectivity index is 1.27. The molecule has 2 aromatic carbocycles. The van der Waals surface area contributed by atoms with Gasteiger partial charge in [-0.25, -0.2) is 0 Å². The minimum absolute atomic E-state index is 0.236. The van der Waals surface area contributed by atoms with Gasteiger partial charge in [-0.15, -0.1) is 0 Å². The van der Waals surface area contributed by atoms with Gasteiger partial charge in [0.05, 0.1) is 49.9 Å². The van der Waals surface area contributed by atoms with E-state index in [0.717, 1.165) is 18.7 Å². The lowest BCUT2D eigenvalue weighted by Gasteiger charge is -2.40. The highest BCUT2D eigenvalue weighted by Crippen LogP contribution is 2.58. The number of fused-ring (bicyclic) bond motifs is 2. The first-order valence-electron chi connectivity index (χ1n) is 17.5. The Morgan fingerprint density at radius 2 is 1.63 bits per heavy atom. The van der Waals surface area contributed by atoms with Crippen LogP contribution >= 0.6 is 0 Å². The lowest BCUT2D eigenvalue weighted by atomic mass is 9.74. The number of hydrogen-bond acceptors (Lipinski definition) is 8. The molecule has 3 fully saturated rings. The van der Waals surface area contributed by atoms with Gasteiger partial charge in [0.25, 0.3) is 0 Å². The van der Waals surface area contributed by atoms with Crippen LogP contribution in [-0.2, 0) is 30.3 Å². The van der Waals surface area contributed by atoms with E-state index in [1.165, 1.54) is 0 Å². The van der Waals surface area contributed by atoms with Gasteiger partial charge in [-0.3, -0.25) is 19.3 Å². The molecule has 5 heterocycles. The molecule has 11 nitrogen and oxygen atoms in total. The summed E-state index contributed by atoms with van der Waals surface area (Å²) < 4.78 is 18.2. The minimum Gasteiger partial charge on any atom is -0.494 e. The number of morpholine rings is 1. The molecule has 1 N–H and O–H groups in total. The number of carbonyl (C=O) groups excluding carboxylic acids is 3. The zero-order valence-electron chi connectivity index (χ0n) is 28.3. The van der Waals surface area contributed by atoms with Crippen LogP contribution in [0.2, 0.25) is 0 Å². The van der Waals surface area contributed by atoms with Gasteiger partial charge < -0.3 is 34.0 Å². The Labute approximate surface area is 287 Å². The van der Waals surface area contributed by atoms with Gasteiger partial charge in [0.15, 0.2) is 0 Å². The third-order valence-corrected chi connectivity index (χ3v) is 10.7. The second kappa shape index (κ2) is 13.7. The molecular formula is C38H46N4O7. The molecule has 1 spiro atoms. The number of benzene rings is 2. The molecule has 0 bridgehead atoms. The van der Waals surface area contributed by atoms with E-state index in [1.807, 2.05) is 92.7 Å². The summed E-state index contributed by atoms with van der Waals surface area (Å²) in [7, 11) is 0. The molecule has 2 aromatic rings. The van der Waals surface area contributed by atoms with Gasteiger partial charge in [-0.05, 0) is 50.1 Å². The van der Waals surface area contributed by atoms with Crippen molar-refractivity contribution in [3.63, 3.8) is 0 Å². The fraction of sp³-hybridized carbons (Fsp3) is 0.500. The molecule has 0 aromatic heterocycles. The molecule has 5 aliphatic heterocycles. The Bertz CT molecular complexity index is 1590. The normalized spacial score (nSPS) is 30.6. The topological polar surface area (TPSA) is 112 Å². The van der Waals surface area contributed by atoms with Crippen molar-refractivity contribution in [2.45, 2.75) is 43.6 Å². The molecule has 6 atom stereocenters. The van der Waals surface area contributed by atoms with E-state index in [0.29, 0.717) is 63.9 Å². The number of amides is 3. The van der Waals surface area contributed by atoms with Gasteiger partial charge in [-0.1, -0.05) is 54.6 Å². The monoisotopic (exact) mass is 670 g/mol. The summed E-state index contributed by atoms with van der Waals surface area (Å²) in [5, 5.41) is 10.9. The Morgan fingerprint density at radius 3 is 2.35 bits per heavy atom. The Kier molecular flexibility index (Phi) is 9.36. The summed E-state index contributed by atoms with van der Waals surface area (Å²) >= 11 is 0. The molecule has 5 aliphatic rings. The average molecular weight is 671 g/mol. The van der Waals surface area contributed by atoms with Crippen LogP contribution in [0.15, 0.2) is 78.9 Å². The maximum absolute atomic E-state index is 15.0.